The molecule has 0 aliphatic heterocycles. The molecule has 0 aromatic carbocycles. The molecule has 0 aliphatic carbocycles. The molecule has 0 spiro atoms. The quantitative estimate of drug-likeness (QED) is 0.383. The van der Waals surface area contributed by atoms with Gasteiger partial charge in [0.2, 0.25) is 0 Å². The van der Waals surface area contributed by atoms with Crippen LogP contribution in [0.25, 0.3) is 0 Å². The molecule has 0 bridgehead atoms. The first-order valence-electron chi connectivity index (χ1n) is 3.60. The molecule has 11 heavy (non-hydrogen) atoms. The third-order valence-corrected chi connectivity index (χ3v) is 1.46. The van der Waals surface area contributed by atoms with Gasteiger partial charge in [-0.05, 0) is 26.7 Å². The minimum absolute atomic E-state index is 0.0631. The summed E-state index contributed by atoms with van der Waals surface area (Å²) in [6.07, 6.45) is 3.04. The van der Waals surface area contributed by atoms with E-state index in [2.05, 4.69) is 6.58 Å². The monoisotopic (exact) mass is 154 g/mol. The van der Waals surface area contributed by atoms with E-state index in [1.165, 1.54) is 13.8 Å². The lowest BCUT2D eigenvalue weighted by Gasteiger charge is -2.01. The average molecular weight is 154 g/mol. The number of ketones is 1. The van der Waals surface area contributed by atoms with Gasteiger partial charge in [-0.25, -0.2) is 0 Å². The van der Waals surface area contributed by atoms with E-state index in [0.717, 1.165) is 6.42 Å². The molecule has 2 heteroatoms. The fourth-order valence-electron chi connectivity index (χ4n) is 0.858. The highest BCUT2D eigenvalue weighted by atomic mass is 16.3. The van der Waals surface area contributed by atoms with Gasteiger partial charge in [0, 0.05) is 5.57 Å². The molecule has 0 heterocycles. The van der Waals surface area contributed by atoms with Gasteiger partial charge < -0.3 is 5.11 Å². The summed E-state index contributed by atoms with van der Waals surface area (Å²) in [4.78, 5) is 10.8. The second-order valence-corrected chi connectivity index (χ2v) is 2.45. The van der Waals surface area contributed by atoms with Crippen LogP contribution in [0.3, 0.4) is 0 Å². The first-order valence-corrected chi connectivity index (χ1v) is 3.60. The minimum Gasteiger partial charge on any atom is -0.512 e. The molecular weight excluding hydrogens is 140 g/mol. The molecule has 62 valence electrons. The van der Waals surface area contributed by atoms with E-state index >= 15 is 0 Å². The van der Waals surface area contributed by atoms with Crippen LogP contribution in [-0.4, -0.2) is 10.9 Å². The number of rotatable bonds is 4. The highest BCUT2D eigenvalue weighted by molar-refractivity contribution is 5.93. The average Bonchev–Trinajstić information content (AvgIpc) is 1.87. The van der Waals surface area contributed by atoms with E-state index < -0.39 is 0 Å². The second kappa shape index (κ2) is 4.72. The van der Waals surface area contributed by atoms with Crippen LogP contribution in [0.4, 0.5) is 0 Å². The number of aliphatic hydroxyl groups excluding tert-OH is 1. The van der Waals surface area contributed by atoms with Crippen molar-refractivity contribution in [2.75, 3.05) is 0 Å². The maximum atomic E-state index is 10.8. The van der Waals surface area contributed by atoms with E-state index in [1.807, 2.05) is 0 Å². The Labute approximate surface area is 67.2 Å². The number of Topliss-reactive ketones (excluding diaryl/α,β-unsaturated/α-hetero) is 1. The maximum absolute atomic E-state index is 10.8. The highest BCUT2D eigenvalue weighted by Gasteiger charge is 2.05. The Morgan fingerprint density at radius 1 is 1.55 bits per heavy atom. The lowest BCUT2D eigenvalue weighted by molar-refractivity contribution is -0.113. The first-order chi connectivity index (χ1) is 5.09. The van der Waals surface area contributed by atoms with Gasteiger partial charge in [0.15, 0.2) is 5.78 Å². The number of carbonyl (C=O) groups is 1. The Morgan fingerprint density at radius 3 is 2.36 bits per heavy atom. The third-order valence-electron chi connectivity index (χ3n) is 1.46. The molecule has 0 fully saturated rings. The van der Waals surface area contributed by atoms with Crippen molar-refractivity contribution in [3.63, 3.8) is 0 Å². The zero-order valence-electron chi connectivity index (χ0n) is 7.05. The topological polar surface area (TPSA) is 37.3 Å². The van der Waals surface area contributed by atoms with Crippen molar-refractivity contribution in [3.05, 3.63) is 24.0 Å². The molecule has 2 nitrogen and oxygen atoms in total. The number of hydrogen-bond donors (Lipinski definition) is 1. The summed E-state index contributed by atoms with van der Waals surface area (Å²) >= 11 is 0. The minimum atomic E-state index is -0.0631. The normalized spacial score (nSPS) is 12.2. The third kappa shape index (κ3) is 3.61. The zero-order chi connectivity index (χ0) is 8.85. The Morgan fingerprint density at radius 2 is 2.09 bits per heavy atom. The van der Waals surface area contributed by atoms with Crippen LogP contribution in [-0.2, 0) is 4.79 Å². The number of allylic oxidation sites excluding steroid dienone is 3. The van der Waals surface area contributed by atoms with E-state index in [1.54, 1.807) is 6.08 Å². The van der Waals surface area contributed by atoms with Crippen LogP contribution in [0.5, 0.6) is 0 Å². The van der Waals surface area contributed by atoms with Gasteiger partial charge in [-0.1, -0.05) is 6.08 Å². The summed E-state index contributed by atoms with van der Waals surface area (Å²) in [5.74, 6) is 0.0613. The molecule has 0 aromatic heterocycles. The maximum Gasteiger partial charge on any atom is 0.159 e. The Bertz CT molecular complexity index is 186. The summed E-state index contributed by atoms with van der Waals surface area (Å²) in [5.41, 5.74) is 0.505. The van der Waals surface area contributed by atoms with Crippen molar-refractivity contribution >= 4 is 5.78 Å². The van der Waals surface area contributed by atoms with E-state index in [0.29, 0.717) is 12.0 Å². The molecule has 1 N–H and O–H groups in total. The van der Waals surface area contributed by atoms with Crippen molar-refractivity contribution < 1.29 is 9.90 Å². The number of hydrogen-bond acceptors (Lipinski definition) is 2. The van der Waals surface area contributed by atoms with Crippen molar-refractivity contribution in [2.24, 2.45) is 0 Å². The van der Waals surface area contributed by atoms with Crippen LogP contribution in [0.15, 0.2) is 24.0 Å². The largest absolute Gasteiger partial charge is 0.512 e. The molecule has 0 saturated heterocycles. The second-order valence-electron chi connectivity index (χ2n) is 2.45. The number of aliphatic hydroxyl groups is 1. The first kappa shape index (κ1) is 9.95. The van der Waals surface area contributed by atoms with Crippen molar-refractivity contribution in [2.45, 2.75) is 26.7 Å². The van der Waals surface area contributed by atoms with Crippen LogP contribution in [0, 0.1) is 0 Å². The van der Waals surface area contributed by atoms with Gasteiger partial charge in [-0.15, -0.1) is 6.58 Å². The van der Waals surface area contributed by atoms with Crippen molar-refractivity contribution in [3.8, 4) is 0 Å². The molecule has 0 atom stereocenters. The molecule has 0 radical (unpaired) electrons. The summed E-state index contributed by atoms with van der Waals surface area (Å²) in [6, 6.07) is 0. The summed E-state index contributed by atoms with van der Waals surface area (Å²) in [7, 11) is 0. The van der Waals surface area contributed by atoms with E-state index in [4.69, 9.17) is 5.11 Å². The van der Waals surface area contributed by atoms with E-state index in [9.17, 15) is 4.79 Å². The molecule has 0 rings (SSSR count). The van der Waals surface area contributed by atoms with Gasteiger partial charge in [0.05, 0.1) is 5.76 Å². The standard InChI is InChI=1S/C9H14O2/c1-4-5-6-9(7(2)10)8(3)11/h4,10H,1,5-6H2,2-3H3/b9-7+. The molecule has 0 amide bonds. The van der Waals surface area contributed by atoms with Gasteiger partial charge in [0.25, 0.3) is 0 Å². The summed E-state index contributed by atoms with van der Waals surface area (Å²) in [5, 5.41) is 9.03. The molecule has 0 aromatic rings. The van der Waals surface area contributed by atoms with Crippen molar-refractivity contribution in [1.29, 1.82) is 0 Å². The SMILES string of the molecule is C=CCC/C(C(C)=O)=C(/C)O. The molecule has 0 saturated carbocycles. The van der Waals surface area contributed by atoms with Crippen molar-refractivity contribution in [1.82, 2.24) is 0 Å². The lowest BCUT2D eigenvalue weighted by Crippen LogP contribution is -1.99. The predicted octanol–water partition coefficient (Wildman–Crippen LogP) is 2.37. The molecular formula is C9H14O2. The Kier molecular flexibility index (Phi) is 4.27. The number of carbonyl (C=O) groups excluding carboxylic acids is 1. The lowest BCUT2D eigenvalue weighted by atomic mass is 10.1. The van der Waals surface area contributed by atoms with Crippen LogP contribution < -0.4 is 0 Å². The van der Waals surface area contributed by atoms with Crippen LogP contribution >= 0.6 is 0 Å². The fourth-order valence-corrected chi connectivity index (χ4v) is 0.858. The van der Waals surface area contributed by atoms with Gasteiger partial charge in [-0.2, -0.15) is 0 Å². The zero-order valence-corrected chi connectivity index (χ0v) is 7.05. The molecule has 0 aliphatic rings. The van der Waals surface area contributed by atoms with E-state index in [-0.39, 0.29) is 11.5 Å². The van der Waals surface area contributed by atoms with Crippen LogP contribution in [0.1, 0.15) is 26.7 Å². The Hall–Kier alpha value is -1.05. The predicted molar refractivity (Wildman–Crippen MR) is 45.4 cm³/mol. The van der Waals surface area contributed by atoms with Gasteiger partial charge >= 0.3 is 0 Å². The fraction of sp³-hybridized carbons (Fsp3) is 0.444. The van der Waals surface area contributed by atoms with Crippen LogP contribution in [0.2, 0.25) is 0 Å². The van der Waals surface area contributed by atoms with Gasteiger partial charge in [-0.3, -0.25) is 4.79 Å². The smallest absolute Gasteiger partial charge is 0.159 e. The summed E-state index contributed by atoms with van der Waals surface area (Å²) in [6.45, 7) is 6.52. The van der Waals surface area contributed by atoms with Gasteiger partial charge in [0.1, 0.15) is 0 Å². The summed E-state index contributed by atoms with van der Waals surface area (Å²) < 4.78 is 0. The Balaban J connectivity index is 4.25. The molecule has 0 unspecified atom stereocenters. The highest BCUT2D eigenvalue weighted by Crippen LogP contribution is 2.10.